The van der Waals surface area contributed by atoms with Crippen molar-refractivity contribution in [3.8, 4) is 11.5 Å². The number of halogens is 1. The molecule has 4 aromatic rings. The predicted molar refractivity (Wildman–Crippen MR) is 133 cm³/mol. The fraction of sp³-hybridized carbons (Fsp3) is 0.231. The van der Waals surface area contributed by atoms with E-state index in [2.05, 4.69) is 15.3 Å². The summed E-state index contributed by atoms with van der Waals surface area (Å²) in [4.78, 5) is 22.3. The molecule has 3 N–H and O–H groups in total. The van der Waals surface area contributed by atoms with Crippen LogP contribution < -0.4 is 15.0 Å². The van der Waals surface area contributed by atoms with Crippen molar-refractivity contribution in [2.24, 2.45) is 0 Å². The molecule has 2 aliphatic rings. The maximum Gasteiger partial charge on any atom is 0.255 e. The number of likely N-dealkylation sites (N-methyl/N-ethyl adjacent to an activating group) is 1. The van der Waals surface area contributed by atoms with Crippen molar-refractivity contribution in [1.29, 1.82) is 0 Å². The number of amides is 1. The third-order valence-corrected chi connectivity index (χ3v) is 7.04. The van der Waals surface area contributed by atoms with Crippen LogP contribution in [0.3, 0.4) is 0 Å². The van der Waals surface area contributed by atoms with E-state index < -0.39 is 11.6 Å². The summed E-state index contributed by atoms with van der Waals surface area (Å²) in [6, 6.07) is 14.6. The number of benzene rings is 2. The highest BCUT2D eigenvalue weighted by Gasteiger charge is 2.48. The van der Waals surface area contributed by atoms with Gasteiger partial charge in [0.25, 0.3) is 5.91 Å². The Labute approximate surface area is 206 Å². The van der Waals surface area contributed by atoms with Gasteiger partial charge in [0.2, 0.25) is 0 Å². The summed E-state index contributed by atoms with van der Waals surface area (Å²) in [7, 11) is 1.74. The first-order chi connectivity index (χ1) is 17.0. The molecule has 1 fully saturated rings. The van der Waals surface area contributed by atoms with Crippen LogP contribution >= 0.6 is 11.6 Å². The molecule has 0 radical (unpaired) electrons. The molecule has 1 saturated heterocycles. The molecule has 0 aliphatic carbocycles. The lowest BCUT2D eigenvalue weighted by Gasteiger charge is -2.39. The lowest BCUT2D eigenvalue weighted by Crippen LogP contribution is -2.57. The van der Waals surface area contributed by atoms with Crippen LogP contribution in [-0.4, -0.2) is 46.8 Å². The van der Waals surface area contributed by atoms with Crippen molar-refractivity contribution in [1.82, 2.24) is 9.97 Å². The summed E-state index contributed by atoms with van der Waals surface area (Å²) in [5, 5.41) is 15.9. The van der Waals surface area contributed by atoms with Gasteiger partial charge in [0, 0.05) is 37.4 Å². The number of ether oxygens (including phenoxy) is 2. The van der Waals surface area contributed by atoms with Crippen molar-refractivity contribution < 1.29 is 19.4 Å². The molecular weight excluding hydrogens is 468 g/mol. The number of aromatic nitrogens is 2. The number of aliphatic hydroxyl groups excluding tert-OH is 1. The van der Waals surface area contributed by atoms with Crippen molar-refractivity contribution in [2.45, 2.75) is 18.1 Å². The minimum absolute atomic E-state index is 0.0571. The molecule has 2 aliphatic heterocycles. The van der Waals surface area contributed by atoms with E-state index in [1.165, 1.54) is 0 Å². The number of carbonyl (C=O) groups excluding carboxylic acids is 1. The average Bonchev–Trinajstić information content (AvgIpc) is 3.51. The molecule has 6 rings (SSSR count). The lowest BCUT2D eigenvalue weighted by atomic mass is 9.91. The van der Waals surface area contributed by atoms with Gasteiger partial charge >= 0.3 is 0 Å². The van der Waals surface area contributed by atoms with Crippen LogP contribution in [0.25, 0.3) is 11.0 Å². The highest BCUT2D eigenvalue weighted by molar-refractivity contribution is 6.31. The molecule has 1 spiro atoms. The molecule has 1 amide bonds. The summed E-state index contributed by atoms with van der Waals surface area (Å²) in [6.07, 6.45) is 2.91. The molecule has 4 heterocycles. The van der Waals surface area contributed by atoms with Crippen molar-refractivity contribution >= 4 is 39.9 Å². The number of nitrogens with zero attached hydrogens (tertiary/aromatic N) is 2. The topological polar surface area (TPSA) is 99.7 Å². The minimum atomic E-state index is -1.03. The fourth-order valence-corrected chi connectivity index (χ4v) is 5.12. The third-order valence-electron chi connectivity index (χ3n) is 6.71. The second kappa shape index (κ2) is 8.27. The summed E-state index contributed by atoms with van der Waals surface area (Å²) in [5.74, 6) is 1.21. The van der Waals surface area contributed by atoms with Gasteiger partial charge in [0.1, 0.15) is 28.8 Å². The third kappa shape index (κ3) is 3.53. The van der Waals surface area contributed by atoms with Crippen LogP contribution in [0, 0.1) is 0 Å². The average molecular weight is 491 g/mol. The standard InChI is InChI=1S/C26H23ClN4O4/c1-31-20-13-29-24-21(22(20)30-26(25(31)33)9-10-34-14-26)18(12-28-24)23(32)17-8-7-16(11-19(17)27)35-15-5-3-2-4-6-15/h2-8,11-13,23,30,32H,9-10,14H2,1H3,(H,28,29). The van der Waals surface area contributed by atoms with Gasteiger partial charge in [0.15, 0.2) is 0 Å². The van der Waals surface area contributed by atoms with E-state index in [0.717, 1.165) is 5.69 Å². The first-order valence-electron chi connectivity index (χ1n) is 11.3. The number of hydrogen-bond donors (Lipinski definition) is 3. The normalized spacial score (nSPS) is 20.2. The Balaban J connectivity index is 1.39. The molecule has 2 aromatic carbocycles. The van der Waals surface area contributed by atoms with Gasteiger partial charge in [-0.1, -0.05) is 35.9 Å². The highest BCUT2D eigenvalue weighted by Crippen LogP contribution is 2.45. The Morgan fingerprint density at radius 2 is 2.03 bits per heavy atom. The quantitative estimate of drug-likeness (QED) is 0.385. The molecule has 8 nitrogen and oxygen atoms in total. The molecule has 178 valence electrons. The van der Waals surface area contributed by atoms with E-state index in [1.54, 1.807) is 42.5 Å². The molecular formula is C26H23ClN4O4. The SMILES string of the molecule is CN1C(=O)C2(CCOC2)Nc2c1cnc1[nH]cc(C(O)c3ccc(Oc4ccccc4)cc3Cl)c21. The smallest absolute Gasteiger partial charge is 0.255 e. The maximum absolute atomic E-state index is 13.1. The Morgan fingerprint density at radius 3 is 2.77 bits per heavy atom. The molecule has 35 heavy (non-hydrogen) atoms. The molecule has 0 bridgehead atoms. The summed E-state index contributed by atoms with van der Waals surface area (Å²) in [6.45, 7) is 0.794. The van der Waals surface area contributed by atoms with E-state index in [0.29, 0.717) is 57.4 Å². The second-order valence-electron chi connectivity index (χ2n) is 8.86. The molecule has 9 heteroatoms. The van der Waals surface area contributed by atoms with Crippen LogP contribution in [-0.2, 0) is 9.53 Å². The molecule has 2 atom stereocenters. The minimum Gasteiger partial charge on any atom is -0.457 e. The first kappa shape index (κ1) is 21.9. The van der Waals surface area contributed by atoms with E-state index in [-0.39, 0.29) is 12.5 Å². The Kier molecular flexibility index (Phi) is 5.17. The Morgan fingerprint density at radius 1 is 1.20 bits per heavy atom. The molecule has 2 unspecified atom stereocenters. The number of aliphatic hydroxyl groups is 1. The monoisotopic (exact) mass is 490 g/mol. The van der Waals surface area contributed by atoms with Gasteiger partial charge in [0.05, 0.1) is 34.6 Å². The Bertz CT molecular complexity index is 1430. The lowest BCUT2D eigenvalue weighted by molar-refractivity contribution is -0.122. The van der Waals surface area contributed by atoms with Crippen molar-refractivity contribution in [2.75, 3.05) is 30.5 Å². The van der Waals surface area contributed by atoms with Gasteiger partial charge in [-0.3, -0.25) is 4.79 Å². The van der Waals surface area contributed by atoms with Gasteiger partial charge < -0.3 is 29.8 Å². The van der Waals surface area contributed by atoms with E-state index >= 15 is 0 Å². The van der Waals surface area contributed by atoms with E-state index in [4.69, 9.17) is 21.1 Å². The zero-order chi connectivity index (χ0) is 24.2. The molecule has 0 saturated carbocycles. The number of carbonyl (C=O) groups is 1. The number of rotatable bonds is 4. The van der Waals surface area contributed by atoms with Crippen LogP contribution in [0.2, 0.25) is 5.02 Å². The number of para-hydroxylation sites is 1. The first-order valence-corrected chi connectivity index (χ1v) is 11.7. The van der Waals surface area contributed by atoms with Crippen LogP contribution in [0.15, 0.2) is 60.9 Å². The van der Waals surface area contributed by atoms with E-state index in [1.807, 2.05) is 30.3 Å². The number of fused-ring (bicyclic) bond motifs is 3. The van der Waals surface area contributed by atoms with E-state index in [9.17, 15) is 9.90 Å². The summed E-state index contributed by atoms with van der Waals surface area (Å²) < 4.78 is 11.4. The second-order valence-corrected chi connectivity index (χ2v) is 9.27. The van der Waals surface area contributed by atoms with Crippen LogP contribution in [0.4, 0.5) is 11.4 Å². The zero-order valence-electron chi connectivity index (χ0n) is 18.9. The van der Waals surface area contributed by atoms with Gasteiger partial charge in [-0.25, -0.2) is 4.98 Å². The van der Waals surface area contributed by atoms with Gasteiger partial charge in [-0.05, 0) is 24.3 Å². The number of pyridine rings is 1. The number of aromatic amines is 1. The van der Waals surface area contributed by atoms with Crippen LogP contribution in [0.5, 0.6) is 11.5 Å². The predicted octanol–water partition coefficient (Wildman–Crippen LogP) is 4.64. The number of anilines is 2. The number of H-pyrrole nitrogens is 1. The van der Waals surface area contributed by atoms with Crippen molar-refractivity contribution in [3.63, 3.8) is 0 Å². The maximum atomic E-state index is 13.1. The summed E-state index contributed by atoms with van der Waals surface area (Å²) >= 11 is 6.59. The summed E-state index contributed by atoms with van der Waals surface area (Å²) in [5.41, 5.74) is 2.28. The fourth-order valence-electron chi connectivity index (χ4n) is 4.85. The highest BCUT2D eigenvalue weighted by atomic mass is 35.5. The largest absolute Gasteiger partial charge is 0.457 e. The van der Waals surface area contributed by atoms with Gasteiger partial charge in [-0.15, -0.1) is 0 Å². The van der Waals surface area contributed by atoms with Gasteiger partial charge in [-0.2, -0.15) is 0 Å². The number of nitrogens with one attached hydrogen (secondary N) is 2. The number of hydrogen-bond acceptors (Lipinski definition) is 6. The van der Waals surface area contributed by atoms with Crippen molar-refractivity contribution in [3.05, 3.63) is 77.1 Å². The molecule has 2 aromatic heterocycles. The Hall–Kier alpha value is -3.59. The zero-order valence-corrected chi connectivity index (χ0v) is 19.7. The van der Waals surface area contributed by atoms with Crippen LogP contribution in [0.1, 0.15) is 23.7 Å².